The quantitative estimate of drug-likeness (QED) is 0.703. The van der Waals surface area contributed by atoms with Crippen molar-refractivity contribution < 1.29 is 4.39 Å². The molecule has 0 bridgehead atoms. The van der Waals surface area contributed by atoms with Crippen LogP contribution in [0.2, 0.25) is 4.47 Å². The number of halogens is 1. The first kappa shape index (κ1) is 11.9. The van der Waals surface area contributed by atoms with E-state index in [4.69, 9.17) is 0 Å². The predicted molar refractivity (Wildman–Crippen MR) is 59.6 cm³/mol. The van der Waals surface area contributed by atoms with E-state index in [-0.39, 0.29) is 6.67 Å². The predicted octanol–water partition coefficient (Wildman–Crippen LogP) is 3.11. The number of rotatable bonds is 5. The number of aryl methyl sites for hydroxylation is 1. The van der Waals surface area contributed by atoms with Crippen molar-refractivity contribution in [3.05, 3.63) is 35.4 Å². The molecular weight excluding hydrogens is 233 g/mol. The Morgan fingerprint density at radius 1 is 1.29 bits per heavy atom. The zero-order valence-corrected chi connectivity index (χ0v) is 11.1. The van der Waals surface area contributed by atoms with Crippen molar-refractivity contribution in [2.24, 2.45) is 0 Å². The summed E-state index contributed by atoms with van der Waals surface area (Å²) < 4.78 is 12.8. The molecule has 0 saturated carbocycles. The van der Waals surface area contributed by atoms with Crippen LogP contribution in [-0.2, 0) is 12.8 Å². The van der Waals surface area contributed by atoms with E-state index in [9.17, 15) is 4.39 Å². The second-order valence-electron chi connectivity index (χ2n) is 3.74. The summed E-state index contributed by atoms with van der Waals surface area (Å²) in [6, 6.07) is 8.41. The van der Waals surface area contributed by atoms with E-state index in [1.807, 2.05) is 6.07 Å². The second kappa shape index (κ2) is 6.30. The summed E-state index contributed by atoms with van der Waals surface area (Å²) in [7, 11) is 0. The van der Waals surface area contributed by atoms with Gasteiger partial charge in [-0.15, -0.1) is 0 Å². The average molecular weight is 249 g/mol. The van der Waals surface area contributed by atoms with Crippen molar-refractivity contribution >= 4 is 18.6 Å². The van der Waals surface area contributed by atoms with Gasteiger partial charge < -0.3 is 0 Å². The Morgan fingerprint density at radius 2 is 1.93 bits per heavy atom. The molecule has 1 aromatic rings. The van der Waals surface area contributed by atoms with Gasteiger partial charge in [-0.1, -0.05) is 0 Å². The van der Waals surface area contributed by atoms with Crippen molar-refractivity contribution in [2.75, 3.05) is 6.67 Å². The van der Waals surface area contributed by atoms with Crippen LogP contribution in [0.4, 0.5) is 4.39 Å². The Labute approximate surface area is 95.8 Å². The number of benzene rings is 1. The monoisotopic (exact) mass is 248 g/mol. The Bertz CT molecular complexity index is 271. The Balaban J connectivity index is 2.69. The summed E-state index contributed by atoms with van der Waals surface area (Å²) in [5.41, 5.74) is 2.73. The van der Waals surface area contributed by atoms with Crippen LogP contribution in [0, 0.1) is 0 Å². The molecule has 0 aromatic heterocycles. The first-order chi connectivity index (χ1) is 6.74. The van der Waals surface area contributed by atoms with Gasteiger partial charge in [0.1, 0.15) is 0 Å². The molecule has 74 valence electrons. The van der Waals surface area contributed by atoms with Crippen molar-refractivity contribution in [3.63, 3.8) is 0 Å². The maximum absolute atomic E-state index is 12.1. The molecule has 0 aliphatic heterocycles. The van der Waals surface area contributed by atoms with Gasteiger partial charge in [-0.3, -0.25) is 0 Å². The normalized spacial score (nSPS) is 12.7. The van der Waals surface area contributed by atoms with E-state index in [1.165, 1.54) is 11.1 Å². The molecule has 0 aliphatic rings. The van der Waals surface area contributed by atoms with Crippen LogP contribution in [-0.4, -0.2) is 25.3 Å². The van der Waals surface area contributed by atoms with Gasteiger partial charge in [0.15, 0.2) is 0 Å². The number of hydrogen-bond acceptors (Lipinski definition) is 0. The van der Waals surface area contributed by atoms with E-state index < -0.39 is 0 Å². The molecule has 14 heavy (non-hydrogen) atoms. The average Bonchev–Trinajstić information content (AvgIpc) is 2.16. The first-order valence-corrected chi connectivity index (χ1v) is 6.52. The maximum atomic E-state index is 12.1. The molecular formula is C12H16FGa. The van der Waals surface area contributed by atoms with Gasteiger partial charge in [0.2, 0.25) is 0 Å². The fourth-order valence-corrected chi connectivity index (χ4v) is 2.14. The first-order valence-electron chi connectivity index (χ1n) is 5.12. The molecule has 0 spiro atoms. The summed E-state index contributed by atoms with van der Waals surface area (Å²) in [5.74, 6) is 0. The minimum absolute atomic E-state index is 0.208. The summed E-state index contributed by atoms with van der Waals surface area (Å²) in [6.45, 7) is 2.03. The Hall–Kier alpha value is -0.214. The standard InChI is InChI=1S/C12H16F.Ga/c1-2-6-11-7-3-4-8-12(11)9-5-10-13;/h2-4,7-8H,5-6,9-10H2,1H3;. The molecule has 0 saturated heterocycles. The van der Waals surface area contributed by atoms with Crippen LogP contribution < -0.4 is 0 Å². The molecule has 0 N–H and O–H groups in total. The molecule has 0 aliphatic carbocycles. The zero-order chi connectivity index (χ0) is 10.4. The van der Waals surface area contributed by atoms with E-state index in [0.717, 1.165) is 17.3 Å². The summed E-state index contributed by atoms with van der Waals surface area (Å²) in [4.78, 5) is 0. The minimum atomic E-state index is -0.208. The third kappa shape index (κ3) is 3.89. The fourth-order valence-electron chi connectivity index (χ4n) is 1.60. The molecule has 2 radical (unpaired) electrons. The van der Waals surface area contributed by atoms with E-state index in [2.05, 4.69) is 25.1 Å². The zero-order valence-electron chi connectivity index (χ0n) is 8.67. The second-order valence-corrected chi connectivity index (χ2v) is 6.13. The van der Waals surface area contributed by atoms with Gasteiger partial charge in [0.25, 0.3) is 0 Å². The summed E-state index contributed by atoms with van der Waals surface area (Å²) >= 11 is 1.77. The van der Waals surface area contributed by atoms with Crippen LogP contribution in [0.5, 0.6) is 0 Å². The van der Waals surface area contributed by atoms with Gasteiger partial charge >= 0.3 is 95.7 Å². The molecule has 0 nitrogen and oxygen atoms in total. The topological polar surface area (TPSA) is 0 Å². The Morgan fingerprint density at radius 3 is 2.50 bits per heavy atom. The van der Waals surface area contributed by atoms with Gasteiger partial charge in [-0.05, 0) is 0 Å². The molecule has 1 rings (SSSR count). The van der Waals surface area contributed by atoms with Crippen molar-refractivity contribution in [1.82, 2.24) is 0 Å². The van der Waals surface area contributed by atoms with Crippen molar-refractivity contribution in [2.45, 2.75) is 30.7 Å². The van der Waals surface area contributed by atoms with Crippen LogP contribution in [0.1, 0.15) is 24.5 Å². The van der Waals surface area contributed by atoms with Crippen LogP contribution in [0.3, 0.4) is 0 Å². The third-order valence-corrected chi connectivity index (χ3v) is 2.73. The summed E-state index contributed by atoms with van der Waals surface area (Å²) in [6.07, 6.45) is 2.66. The van der Waals surface area contributed by atoms with Crippen molar-refractivity contribution in [1.29, 1.82) is 0 Å². The fraction of sp³-hybridized carbons (Fsp3) is 0.500. The van der Waals surface area contributed by atoms with Gasteiger partial charge in [-0.2, -0.15) is 0 Å². The third-order valence-electron chi connectivity index (χ3n) is 2.24. The van der Waals surface area contributed by atoms with E-state index >= 15 is 0 Å². The molecule has 1 unspecified atom stereocenters. The van der Waals surface area contributed by atoms with Gasteiger partial charge in [0.05, 0.1) is 0 Å². The van der Waals surface area contributed by atoms with E-state index in [1.54, 1.807) is 18.6 Å². The Kier molecular flexibility index (Phi) is 5.34. The SMILES string of the molecule is C[CH]([Ga])Cc1ccccc1CCCF. The van der Waals surface area contributed by atoms with Crippen LogP contribution in [0.25, 0.3) is 0 Å². The molecule has 0 fully saturated rings. The van der Waals surface area contributed by atoms with E-state index in [0.29, 0.717) is 6.42 Å². The molecule has 2 heteroatoms. The van der Waals surface area contributed by atoms with Gasteiger partial charge in [0, 0.05) is 0 Å². The number of alkyl halides is 1. The van der Waals surface area contributed by atoms with Crippen LogP contribution >= 0.6 is 0 Å². The molecule has 0 heterocycles. The number of hydrogen-bond donors (Lipinski definition) is 0. The summed E-state index contributed by atoms with van der Waals surface area (Å²) in [5, 5.41) is 0. The molecule has 1 aromatic carbocycles. The van der Waals surface area contributed by atoms with Crippen molar-refractivity contribution in [3.8, 4) is 0 Å². The molecule has 1 atom stereocenters. The van der Waals surface area contributed by atoms with Gasteiger partial charge in [-0.25, -0.2) is 0 Å². The van der Waals surface area contributed by atoms with Crippen LogP contribution in [0.15, 0.2) is 24.3 Å². The molecule has 0 amide bonds.